The number of phenolic OH excluding ortho intramolecular Hbond substituents is 1. The van der Waals surface area contributed by atoms with Gasteiger partial charge in [-0.05, 0) is 44.0 Å². The van der Waals surface area contributed by atoms with Gasteiger partial charge in [-0.3, -0.25) is 0 Å². The van der Waals surface area contributed by atoms with Crippen LogP contribution in [0.3, 0.4) is 0 Å². The van der Waals surface area contributed by atoms with E-state index < -0.39 is 0 Å². The number of hydrogen-bond donors (Lipinski definition) is 1. The number of benzene rings is 1. The molecule has 0 bridgehead atoms. The number of nitrogens with zero attached hydrogens (tertiary/aromatic N) is 1. The first-order valence-corrected chi connectivity index (χ1v) is 5.36. The molecule has 1 aromatic carbocycles. The lowest BCUT2D eigenvalue weighted by molar-refractivity contribution is 0.476. The van der Waals surface area contributed by atoms with Gasteiger partial charge in [0, 0.05) is 5.39 Å². The van der Waals surface area contributed by atoms with E-state index >= 15 is 0 Å². The van der Waals surface area contributed by atoms with Gasteiger partial charge < -0.3 is 5.11 Å². The lowest BCUT2D eigenvalue weighted by atomic mass is 10.0. The van der Waals surface area contributed by atoms with Crippen molar-refractivity contribution in [2.24, 2.45) is 0 Å². The number of fused-ring (bicyclic) bond motifs is 1. The summed E-state index contributed by atoms with van der Waals surface area (Å²) >= 11 is 0. The van der Waals surface area contributed by atoms with Gasteiger partial charge in [-0.25, -0.2) is 4.98 Å². The second kappa shape index (κ2) is 3.97. The molecule has 2 nitrogen and oxygen atoms in total. The highest BCUT2D eigenvalue weighted by Gasteiger charge is 2.07. The van der Waals surface area contributed by atoms with Gasteiger partial charge in [0.1, 0.15) is 11.3 Å². The smallest absolute Gasteiger partial charge is 0.144 e. The Morgan fingerprint density at radius 3 is 2.62 bits per heavy atom. The van der Waals surface area contributed by atoms with Crippen molar-refractivity contribution in [2.45, 2.75) is 20.8 Å². The predicted octanol–water partition coefficient (Wildman–Crippen LogP) is 3.59. The lowest BCUT2D eigenvalue weighted by Crippen LogP contribution is -1.89. The zero-order valence-corrected chi connectivity index (χ0v) is 9.78. The van der Waals surface area contributed by atoms with E-state index in [9.17, 15) is 5.11 Å². The number of aromatic hydroxyl groups is 1. The third kappa shape index (κ3) is 1.67. The summed E-state index contributed by atoms with van der Waals surface area (Å²) in [7, 11) is 0. The monoisotopic (exact) mass is 213 g/mol. The van der Waals surface area contributed by atoms with Gasteiger partial charge in [-0.1, -0.05) is 18.2 Å². The molecule has 1 N–H and O–H groups in total. The van der Waals surface area contributed by atoms with Crippen LogP contribution in [-0.2, 0) is 0 Å². The molecule has 0 saturated carbocycles. The highest BCUT2D eigenvalue weighted by molar-refractivity contribution is 5.89. The number of pyridine rings is 1. The molecule has 0 saturated heterocycles. The summed E-state index contributed by atoms with van der Waals surface area (Å²) in [5, 5.41) is 11.0. The zero-order valence-electron chi connectivity index (χ0n) is 9.78. The maximum atomic E-state index is 9.99. The number of phenols is 1. The van der Waals surface area contributed by atoms with Crippen molar-refractivity contribution in [3.05, 3.63) is 41.1 Å². The van der Waals surface area contributed by atoms with Crippen LogP contribution in [0.5, 0.6) is 5.75 Å². The summed E-state index contributed by atoms with van der Waals surface area (Å²) in [6, 6.07) is 5.95. The summed E-state index contributed by atoms with van der Waals surface area (Å²) in [6.07, 6.45) is 3.87. The van der Waals surface area contributed by atoms with Crippen LogP contribution in [0.15, 0.2) is 24.3 Å². The fourth-order valence-corrected chi connectivity index (χ4v) is 1.89. The van der Waals surface area contributed by atoms with Crippen LogP contribution < -0.4 is 0 Å². The van der Waals surface area contributed by atoms with Gasteiger partial charge >= 0.3 is 0 Å². The van der Waals surface area contributed by atoms with Gasteiger partial charge in [0.25, 0.3) is 0 Å². The Morgan fingerprint density at radius 1 is 1.19 bits per heavy atom. The van der Waals surface area contributed by atoms with E-state index in [1.54, 1.807) is 0 Å². The Balaban J connectivity index is 2.81. The Labute approximate surface area is 95.3 Å². The first-order valence-electron chi connectivity index (χ1n) is 5.36. The molecular formula is C14H15NO. The van der Waals surface area contributed by atoms with Crippen LogP contribution in [0.25, 0.3) is 17.0 Å². The number of aromatic nitrogens is 1. The topological polar surface area (TPSA) is 33.1 Å². The molecule has 0 spiro atoms. The molecular weight excluding hydrogens is 198 g/mol. The molecule has 0 fully saturated rings. The quantitative estimate of drug-likeness (QED) is 0.785. The Kier molecular flexibility index (Phi) is 2.65. The maximum absolute atomic E-state index is 9.99. The van der Waals surface area contributed by atoms with Crippen LogP contribution in [0.4, 0.5) is 0 Å². The molecule has 0 amide bonds. The molecule has 0 radical (unpaired) electrons. The molecule has 0 aliphatic carbocycles. The second-order valence-electron chi connectivity index (χ2n) is 3.99. The molecule has 0 aliphatic rings. The minimum absolute atomic E-state index is 0.284. The van der Waals surface area contributed by atoms with E-state index in [0.29, 0.717) is 5.52 Å². The average molecular weight is 213 g/mol. The van der Waals surface area contributed by atoms with E-state index in [2.05, 4.69) is 4.98 Å². The summed E-state index contributed by atoms with van der Waals surface area (Å²) in [6.45, 7) is 5.88. The standard InChI is InChI=1S/C14H15NO/c1-4-5-11-6-7-12-9(2)8-10(3)14(16)13(12)15-11/h4-8,16H,1-3H3/b5-4+. The first kappa shape index (κ1) is 10.7. The van der Waals surface area contributed by atoms with Gasteiger partial charge in [0.15, 0.2) is 0 Å². The Morgan fingerprint density at radius 2 is 1.94 bits per heavy atom. The average Bonchev–Trinajstić information content (AvgIpc) is 2.26. The molecule has 16 heavy (non-hydrogen) atoms. The molecule has 1 heterocycles. The summed E-state index contributed by atoms with van der Waals surface area (Å²) in [4.78, 5) is 4.45. The SMILES string of the molecule is C/C=C/c1ccc2c(C)cc(C)c(O)c2n1. The highest BCUT2D eigenvalue weighted by atomic mass is 16.3. The van der Waals surface area contributed by atoms with Crippen LogP contribution in [0.2, 0.25) is 0 Å². The third-order valence-corrected chi connectivity index (χ3v) is 2.71. The van der Waals surface area contributed by atoms with Crippen LogP contribution in [0.1, 0.15) is 23.7 Å². The molecule has 82 valence electrons. The fraction of sp³-hybridized carbons (Fsp3) is 0.214. The normalized spacial score (nSPS) is 11.4. The van der Waals surface area contributed by atoms with Crippen LogP contribution in [0, 0.1) is 13.8 Å². The lowest BCUT2D eigenvalue weighted by Gasteiger charge is -2.07. The molecule has 0 aliphatic heterocycles. The van der Waals surface area contributed by atoms with Gasteiger partial charge in [0.05, 0.1) is 5.69 Å². The maximum Gasteiger partial charge on any atom is 0.144 e. The third-order valence-electron chi connectivity index (χ3n) is 2.71. The summed E-state index contributed by atoms with van der Waals surface area (Å²) in [5.74, 6) is 0.284. The minimum Gasteiger partial charge on any atom is -0.505 e. The molecule has 0 atom stereocenters. The van der Waals surface area contributed by atoms with E-state index in [-0.39, 0.29) is 5.75 Å². The zero-order chi connectivity index (χ0) is 11.7. The van der Waals surface area contributed by atoms with Gasteiger partial charge in [-0.2, -0.15) is 0 Å². The molecule has 2 aromatic rings. The first-order chi connectivity index (χ1) is 7.63. The predicted molar refractivity (Wildman–Crippen MR) is 67.6 cm³/mol. The van der Waals surface area contributed by atoms with E-state index in [0.717, 1.165) is 22.2 Å². The van der Waals surface area contributed by atoms with Crippen molar-refractivity contribution in [1.82, 2.24) is 4.98 Å². The number of rotatable bonds is 1. The van der Waals surface area contributed by atoms with E-state index in [1.807, 2.05) is 51.1 Å². The van der Waals surface area contributed by atoms with Gasteiger partial charge in [-0.15, -0.1) is 0 Å². The van der Waals surface area contributed by atoms with Crippen LogP contribution >= 0.6 is 0 Å². The number of hydrogen-bond acceptors (Lipinski definition) is 2. The number of aryl methyl sites for hydroxylation is 2. The van der Waals surface area contributed by atoms with Crippen molar-refractivity contribution in [3.8, 4) is 5.75 Å². The Hall–Kier alpha value is -1.83. The van der Waals surface area contributed by atoms with Crippen LogP contribution in [-0.4, -0.2) is 10.1 Å². The minimum atomic E-state index is 0.284. The molecule has 2 rings (SSSR count). The fourth-order valence-electron chi connectivity index (χ4n) is 1.89. The largest absolute Gasteiger partial charge is 0.505 e. The molecule has 0 unspecified atom stereocenters. The van der Waals surface area contributed by atoms with E-state index in [1.165, 1.54) is 0 Å². The van der Waals surface area contributed by atoms with Crippen molar-refractivity contribution in [2.75, 3.05) is 0 Å². The Bertz CT molecular complexity index is 570. The van der Waals surface area contributed by atoms with Crippen molar-refractivity contribution >= 4 is 17.0 Å². The summed E-state index contributed by atoms with van der Waals surface area (Å²) < 4.78 is 0. The molecule has 1 aromatic heterocycles. The summed E-state index contributed by atoms with van der Waals surface area (Å²) in [5.41, 5.74) is 3.57. The van der Waals surface area contributed by atoms with Crippen molar-refractivity contribution in [3.63, 3.8) is 0 Å². The van der Waals surface area contributed by atoms with Crippen molar-refractivity contribution < 1.29 is 5.11 Å². The second-order valence-corrected chi connectivity index (χ2v) is 3.99. The van der Waals surface area contributed by atoms with E-state index in [4.69, 9.17) is 0 Å². The number of allylic oxidation sites excluding steroid dienone is 1. The van der Waals surface area contributed by atoms with Gasteiger partial charge in [0.2, 0.25) is 0 Å². The molecule has 2 heteroatoms. The van der Waals surface area contributed by atoms with Crippen molar-refractivity contribution in [1.29, 1.82) is 0 Å². The highest BCUT2D eigenvalue weighted by Crippen LogP contribution is 2.29.